The van der Waals surface area contributed by atoms with E-state index in [9.17, 15) is 9.18 Å². The van der Waals surface area contributed by atoms with Gasteiger partial charge >= 0.3 is 0 Å². The molecular formula is C17H12FNO. The lowest BCUT2D eigenvalue weighted by atomic mass is 10.0. The van der Waals surface area contributed by atoms with E-state index in [0.717, 1.165) is 5.39 Å². The number of hydrogen-bond acceptors (Lipinski definition) is 1. The molecule has 1 N–H and O–H groups in total. The minimum Gasteiger partial charge on any atom is -0.322 e. The summed E-state index contributed by atoms with van der Waals surface area (Å²) in [5.74, 6) is -0.956. The van der Waals surface area contributed by atoms with E-state index >= 15 is 0 Å². The lowest BCUT2D eigenvalue weighted by Gasteiger charge is -2.09. The predicted octanol–water partition coefficient (Wildman–Crippen LogP) is 4.23. The SMILES string of the molecule is O=C(Nc1ccccc1)c1c(F)ccc2ccccc12. The maximum absolute atomic E-state index is 14.0. The van der Waals surface area contributed by atoms with Gasteiger partial charge in [-0.05, 0) is 29.0 Å². The monoisotopic (exact) mass is 265 g/mol. The third-order valence-electron chi connectivity index (χ3n) is 3.14. The molecule has 1 amide bonds. The van der Waals surface area contributed by atoms with Gasteiger partial charge in [-0.15, -0.1) is 0 Å². The summed E-state index contributed by atoms with van der Waals surface area (Å²) in [6.45, 7) is 0. The fourth-order valence-electron chi connectivity index (χ4n) is 2.19. The summed E-state index contributed by atoms with van der Waals surface area (Å²) in [6.07, 6.45) is 0. The average molecular weight is 265 g/mol. The number of amides is 1. The van der Waals surface area contributed by atoms with Crippen molar-refractivity contribution in [2.24, 2.45) is 0 Å². The Kier molecular flexibility index (Phi) is 3.17. The molecule has 0 fully saturated rings. The van der Waals surface area contributed by atoms with Crippen molar-refractivity contribution >= 4 is 22.4 Å². The minimum absolute atomic E-state index is 0.0759. The van der Waals surface area contributed by atoms with Gasteiger partial charge in [0.1, 0.15) is 5.82 Å². The van der Waals surface area contributed by atoms with Crippen LogP contribution in [0.1, 0.15) is 10.4 Å². The Morgan fingerprint density at radius 1 is 0.850 bits per heavy atom. The van der Waals surface area contributed by atoms with E-state index in [1.165, 1.54) is 6.07 Å². The summed E-state index contributed by atoms with van der Waals surface area (Å²) in [7, 11) is 0. The van der Waals surface area contributed by atoms with E-state index in [2.05, 4.69) is 5.32 Å². The molecule has 0 radical (unpaired) electrons. The molecule has 98 valence electrons. The van der Waals surface area contributed by atoms with Crippen LogP contribution in [0.2, 0.25) is 0 Å². The van der Waals surface area contributed by atoms with E-state index in [4.69, 9.17) is 0 Å². The molecule has 2 nitrogen and oxygen atoms in total. The standard InChI is InChI=1S/C17H12FNO/c18-15-11-10-12-6-4-5-9-14(12)16(15)17(20)19-13-7-2-1-3-8-13/h1-11H,(H,19,20). The van der Waals surface area contributed by atoms with Gasteiger partial charge in [0, 0.05) is 5.69 Å². The first kappa shape index (κ1) is 12.4. The molecule has 0 bridgehead atoms. The van der Waals surface area contributed by atoms with Crippen molar-refractivity contribution in [3.8, 4) is 0 Å². The van der Waals surface area contributed by atoms with Crippen LogP contribution in [0, 0.1) is 5.82 Å². The van der Waals surface area contributed by atoms with Crippen LogP contribution in [0.25, 0.3) is 10.8 Å². The maximum atomic E-state index is 14.0. The molecule has 3 rings (SSSR count). The van der Waals surface area contributed by atoms with Crippen LogP contribution in [0.3, 0.4) is 0 Å². The number of halogens is 1. The Balaban J connectivity index is 2.05. The number of nitrogens with one attached hydrogen (secondary N) is 1. The second-order valence-corrected chi connectivity index (χ2v) is 4.46. The van der Waals surface area contributed by atoms with Crippen LogP contribution in [0.4, 0.5) is 10.1 Å². The van der Waals surface area contributed by atoms with Crippen LogP contribution >= 0.6 is 0 Å². The van der Waals surface area contributed by atoms with Crippen LogP contribution in [0.5, 0.6) is 0 Å². The zero-order chi connectivity index (χ0) is 13.9. The van der Waals surface area contributed by atoms with Crippen LogP contribution in [-0.2, 0) is 0 Å². The molecule has 3 aromatic carbocycles. The third kappa shape index (κ3) is 2.26. The molecule has 0 saturated heterocycles. The molecule has 0 aliphatic carbocycles. The summed E-state index contributed by atoms with van der Waals surface area (Å²) >= 11 is 0. The summed E-state index contributed by atoms with van der Waals surface area (Å²) in [5, 5.41) is 4.16. The first-order valence-corrected chi connectivity index (χ1v) is 6.29. The van der Waals surface area contributed by atoms with E-state index < -0.39 is 11.7 Å². The molecule has 3 aromatic rings. The number of rotatable bonds is 2. The predicted molar refractivity (Wildman–Crippen MR) is 78.3 cm³/mol. The van der Waals surface area contributed by atoms with Gasteiger partial charge in [-0.2, -0.15) is 0 Å². The summed E-state index contributed by atoms with van der Waals surface area (Å²) in [5.41, 5.74) is 0.719. The van der Waals surface area contributed by atoms with E-state index in [0.29, 0.717) is 11.1 Å². The largest absolute Gasteiger partial charge is 0.322 e. The number of hydrogen-bond donors (Lipinski definition) is 1. The van der Waals surface area contributed by atoms with Crippen LogP contribution in [0.15, 0.2) is 66.7 Å². The lowest BCUT2D eigenvalue weighted by molar-refractivity contribution is 0.102. The van der Waals surface area contributed by atoms with Gasteiger partial charge in [0.05, 0.1) is 5.56 Å². The quantitative estimate of drug-likeness (QED) is 0.738. The molecule has 0 atom stereocenters. The van der Waals surface area contributed by atoms with Crippen molar-refractivity contribution in [3.05, 3.63) is 78.1 Å². The molecule has 0 unspecified atom stereocenters. The Hall–Kier alpha value is -2.68. The van der Waals surface area contributed by atoms with E-state index in [1.54, 1.807) is 30.3 Å². The van der Waals surface area contributed by atoms with Gasteiger partial charge < -0.3 is 5.32 Å². The van der Waals surface area contributed by atoms with Crippen molar-refractivity contribution in [3.63, 3.8) is 0 Å². The molecule has 0 spiro atoms. The number of anilines is 1. The highest BCUT2D eigenvalue weighted by Gasteiger charge is 2.15. The highest BCUT2D eigenvalue weighted by Crippen LogP contribution is 2.22. The highest BCUT2D eigenvalue weighted by atomic mass is 19.1. The normalized spacial score (nSPS) is 10.4. The summed E-state index contributed by atoms with van der Waals surface area (Å²) in [4.78, 5) is 12.3. The molecule has 0 aromatic heterocycles. The topological polar surface area (TPSA) is 29.1 Å². The van der Waals surface area contributed by atoms with Crippen LogP contribution in [-0.4, -0.2) is 5.91 Å². The zero-order valence-electron chi connectivity index (χ0n) is 10.6. The Morgan fingerprint density at radius 3 is 2.35 bits per heavy atom. The number of benzene rings is 3. The molecule has 20 heavy (non-hydrogen) atoms. The van der Waals surface area contributed by atoms with E-state index in [-0.39, 0.29) is 5.56 Å². The fourth-order valence-corrected chi connectivity index (χ4v) is 2.19. The van der Waals surface area contributed by atoms with Crippen molar-refractivity contribution < 1.29 is 9.18 Å². The highest BCUT2D eigenvalue weighted by molar-refractivity contribution is 6.13. The van der Waals surface area contributed by atoms with Gasteiger partial charge in [0.2, 0.25) is 0 Å². The summed E-state index contributed by atoms with van der Waals surface area (Å²) < 4.78 is 14.0. The molecule has 0 heterocycles. The Morgan fingerprint density at radius 2 is 1.55 bits per heavy atom. The summed E-state index contributed by atoms with van der Waals surface area (Å²) in [6, 6.07) is 19.3. The Labute approximate surface area is 115 Å². The van der Waals surface area contributed by atoms with Gasteiger partial charge in [-0.3, -0.25) is 4.79 Å². The maximum Gasteiger partial charge on any atom is 0.259 e. The number of carbonyl (C=O) groups is 1. The number of carbonyl (C=O) groups excluding carboxylic acids is 1. The van der Waals surface area contributed by atoms with Gasteiger partial charge in [0.25, 0.3) is 5.91 Å². The second-order valence-electron chi connectivity index (χ2n) is 4.46. The second kappa shape index (κ2) is 5.13. The number of fused-ring (bicyclic) bond motifs is 1. The van der Waals surface area contributed by atoms with Gasteiger partial charge in [-0.1, -0.05) is 48.5 Å². The zero-order valence-corrected chi connectivity index (χ0v) is 10.6. The fraction of sp³-hybridized carbons (Fsp3) is 0. The Bertz CT molecular complexity index is 768. The van der Waals surface area contributed by atoms with Gasteiger partial charge in [0.15, 0.2) is 0 Å². The molecule has 0 saturated carbocycles. The molecule has 0 aliphatic rings. The minimum atomic E-state index is -0.517. The van der Waals surface area contributed by atoms with Crippen molar-refractivity contribution in [1.29, 1.82) is 0 Å². The first-order valence-electron chi connectivity index (χ1n) is 6.29. The van der Waals surface area contributed by atoms with E-state index in [1.807, 2.05) is 30.3 Å². The van der Waals surface area contributed by atoms with Crippen molar-refractivity contribution in [2.75, 3.05) is 5.32 Å². The van der Waals surface area contributed by atoms with Crippen LogP contribution < -0.4 is 5.32 Å². The lowest BCUT2D eigenvalue weighted by Crippen LogP contribution is -2.14. The molecule has 0 aliphatic heterocycles. The molecular weight excluding hydrogens is 253 g/mol. The molecule has 3 heteroatoms. The third-order valence-corrected chi connectivity index (χ3v) is 3.14. The average Bonchev–Trinajstić information content (AvgIpc) is 2.48. The van der Waals surface area contributed by atoms with Crippen molar-refractivity contribution in [2.45, 2.75) is 0 Å². The van der Waals surface area contributed by atoms with Crippen molar-refractivity contribution in [1.82, 2.24) is 0 Å². The van der Waals surface area contributed by atoms with Gasteiger partial charge in [-0.25, -0.2) is 4.39 Å². The smallest absolute Gasteiger partial charge is 0.259 e. The first-order chi connectivity index (χ1) is 9.75. The number of para-hydroxylation sites is 1.